The molecule has 0 spiro atoms. The number of carbonyl (C=O) groups is 1. The van der Waals surface area contributed by atoms with Crippen LogP contribution in [0.5, 0.6) is 0 Å². The number of aromatic nitrogens is 2. The highest BCUT2D eigenvalue weighted by Crippen LogP contribution is 2.36. The van der Waals surface area contributed by atoms with Crippen LogP contribution >= 0.6 is 11.6 Å². The SMILES string of the molecule is O=C(NCCCn1ccnc1)[C@@]1(OCc2ccccc2F)CC(OCc2cccc(Cl)c2)[C@H](O)[C@H](O)C1. The van der Waals surface area contributed by atoms with Crippen LogP contribution in [0.4, 0.5) is 4.39 Å². The lowest BCUT2D eigenvalue weighted by molar-refractivity contribution is -0.200. The fourth-order valence-corrected chi connectivity index (χ4v) is 4.68. The summed E-state index contributed by atoms with van der Waals surface area (Å²) < 4.78 is 28.2. The molecule has 37 heavy (non-hydrogen) atoms. The average Bonchev–Trinajstić information content (AvgIpc) is 3.41. The van der Waals surface area contributed by atoms with Gasteiger partial charge < -0.3 is 29.6 Å². The number of halogens is 2. The predicted octanol–water partition coefficient (Wildman–Crippen LogP) is 3.24. The van der Waals surface area contributed by atoms with Gasteiger partial charge in [0.15, 0.2) is 5.60 Å². The molecule has 198 valence electrons. The predicted molar refractivity (Wildman–Crippen MR) is 135 cm³/mol. The Hall–Kier alpha value is -2.82. The Kier molecular flexibility index (Phi) is 9.28. The van der Waals surface area contributed by atoms with Crippen LogP contribution in [0, 0.1) is 5.82 Å². The van der Waals surface area contributed by atoms with Crippen molar-refractivity contribution in [3.05, 3.63) is 89.2 Å². The van der Waals surface area contributed by atoms with Crippen molar-refractivity contribution >= 4 is 17.5 Å². The smallest absolute Gasteiger partial charge is 0.252 e. The molecular weight excluding hydrogens is 501 g/mol. The zero-order valence-corrected chi connectivity index (χ0v) is 21.1. The molecule has 2 aromatic carbocycles. The van der Waals surface area contributed by atoms with Gasteiger partial charge in [0, 0.05) is 48.9 Å². The number of aliphatic hydroxyl groups is 2. The van der Waals surface area contributed by atoms with Crippen LogP contribution in [-0.2, 0) is 34.0 Å². The molecule has 1 fully saturated rings. The fourth-order valence-electron chi connectivity index (χ4n) is 4.47. The molecule has 8 nitrogen and oxygen atoms in total. The van der Waals surface area contributed by atoms with E-state index in [0.29, 0.717) is 24.5 Å². The summed E-state index contributed by atoms with van der Waals surface area (Å²) in [7, 11) is 0. The molecule has 4 rings (SSSR count). The van der Waals surface area contributed by atoms with Crippen molar-refractivity contribution in [3.63, 3.8) is 0 Å². The van der Waals surface area contributed by atoms with Gasteiger partial charge in [0.2, 0.25) is 0 Å². The van der Waals surface area contributed by atoms with E-state index < -0.39 is 35.6 Å². The minimum Gasteiger partial charge on any atom is -0.390 e. The van der Waals surface area contributed by atoms with Crippen LogP contribution in [-0.4, -0.2) is 56.1 Å². The first-order chi connectivity index (χ1) is 17.9. The lowest BCUT2D eigenvalue weighted by atomic mass is 9.78. The van der Waals surface area contributed by atoms with Crippen LogP contribution in [0.1, 0.15) is 30.4 Å². The highest BCUT2D eigenvalue weighted by atomic mass is 35.5. The van der Waals surface area contributed by atoms with Crippen molar-refractivity contribution in [1.29, 1.82) is 0 Å². The Bertz CT molecular complexity index is 1160. The topological polar surface area (TPSA) is 106 Å². The van der Waals surface area contributed by atoms with Crippen molar-refractivity contribution in [1.82, 2.24) is 14.9 Å². The number of ether oxygens (including phenoxy) is 2. The van der Waals surface area contributed by atoms with Gasteiger partial charge in [-0.2, -0.15) is 0 Å². The molecule has 0 bridgehead atoms. The van der Waals surface area contributed by atoms with Crippen molar-refractivity contribution in [2.45, 2.75) is 62.9 Å². The third-order valence-electron chi connectivity index (χ3n) is 6.51. The average molecular weight is 532 g/mol. The summed E-state index contributed by atoms with van der Waals surface area (Å²) in [5.41, 5.74) is -0.469. The Balaban J connectivity index is 1.48. The third kappa shape index (κ3) is 7.15. The monoisotopic (exact) mass is 531 g/mol. The molecular formula is C27H31ClFN3O5. The number of imidazole rings is 1. The molecule has 3 aromatic rings. The second-order valence-corrected chi connectivity index (χ2v) is 9.67. The van der Waals surface area contributed by atoms with Crippen molar-refractivity contribution in [3.8, 4) is 0 Å². The van der Waals surface area contributed by atoms with Gasteiger partial charge >= 0.3 is 0 Å². The molecule has 1 aliphatic rings. The second-order valence-electron chi connectivity index (χ2n) is 9.23. The van der Waals surface area contributed by atoms with E-state index >= 15 is 0 Å². The van der Waals surface area contributed by atoms with Gasteiger partial charge in [-0.15, -0.1) is 0 Å². The van der Waals surface area contributed by atoms with Crippen LogP contribution in [0.25, 0.3) is 0 Å². The van der Waals surface area contributed by atoms with Gasteiger partial charge in [0.05, 0.1) is 31.7 Å². The molecule has 1 saturated carbocycles. The zero-order chi connectivity index (χ0) is 26.3. The van der Waals surface area contributed by atoms with Crippen LogP contribution in [0.3, 0.4) is 0 Å². The standard InChI is InChI=1S/C27H31ClFN3O5/c28-21-7-3-5-19(13-21)16-36-24-15-27(14-23(33)25(24)34,37-17-20-6-1-2-8-22(20)29)26(35)31-9-4-11-32-12-10-30-18-32/h1-3,5-8,10,12-13,18,23-25,33-34H,4,9,11,14-17H2,(H,31,35)/t23-,24?,25-,27+/m1/s1. The van der Waals surface area contributed by atoms with E-state index in [1.165, 1.54) is 6.07 Å². The van der Waals surface area contributed by atoms with Crippen molar-refractivity contribution < 1.29 is 28.9 Å². The van der Waals surface area contributed by atoms with Gasteiger partial charge in [-0.1, -0.05) is 41.9 Å². The molecule has 1 unspecified atom stereocenters. The number of hydrogen-bond acceptors (Lipinski definition) is 6. The largest absolute Gasteiger partial charge is 0.390 e. The van der Waals surface area contributed by atoms with E-state index in [1.54, 1.807) is 48.9 Å². The number of hydrogen-bond donors (Lipinski definition) is 3. The Morgan fingerprint density at radius 1 is 1.19 bits per heavy atom. The first kappa shape index (κ1) is 27.2. The van der Waals surface area contributed by atoms with Crippen LogP contribution in [0.15, 0.2) is 67.3 Å². The van der Waals surface area contributed by atoms with Gasteiger partial charge in [-0.25, -0.2) is 9.37 Å². The second kappa shape index (κ2) is 12.6. The van der Waals surface area contributed by atoms with Crippen molar-refractivity contribution in [2.24, 2.45) is 0 Å². The van der Waals surface area contributed by atoms with Crippen LogP contribution < -0.4 is 5.32 Å². The maximum absolute atomic E-state index is 14.3. The summed E-state index contributed by atoms with van der Waals surface area (Å²) in [5.74, 6) is -0.902. The maximum atomic E-state index is 14.3. The van der Waals surface area contributed by atoms with E-state index in [9.17, 15) is 19.4 Å². The molecule has 0 radical (unpaired) electrons. The lowest BCUT2D eigenvalue weighted by Crippen LogP contribution is -2.60. The highest BCUT2D eigenvalue weighted by molar-refractivity contribution is 6.30. The number of nitrogens with zero attached hydrogens (tertiary/aromatic N) is 2. The molecule has 1 aromatic heterocycles. The van der Waals surface area contributed by atoms with E-state index in [-0.39, 0.29) is 31.6 Å². The normalized spacial score (nSPS) is 23.6. The van der Waals surface area contributed by atoms with E-state index in [0.717, 1.165) is 5.56 Å². The Morgan fingerprint density at radius 2 is 2.03 bits per heavy atom. The fraction of sp³-hybridized carbons (Fsp3) is 0.407. The minimum atomic E-state index is -1.53. The third-order valence-corrected chi connectivity index (χ3v) is 6.75. The van der Waals surface area contributed by atoms with Crippen LogP contribution in [0.2, 0.25) is 5.02 Å². The number of aryl methyl sites for hydroxylation is 1. The number of amides is 1. The van der Waals surface area contributed by atoms with Crippen molar-refractivity contribution in [2.75, 3.05) is 6.54 Å². The summed E-state index contributed by atoms with van der Waals surface area (Å²) in [6.07, 6.45) is 2.27. The van der Waals surface area contributed by atoms with Gasteiger partial charge in [-0.3, -0.25) is 4.79 Å². The summed E-state index contributed by atoms with van der Waals surface area (Å²) in [5, 5.41) is 24.8. The maximum Gasteiger partial charge on any atom is 0.252 e. The number of rotatable bonds is 11. The van der Waals surface area contributed by atoms with E-state index in [4.69, 9.17) is 21.1 Å². The molecule has 3 N–H and O–H groups in total. The Labute approximate surface area is 220 Å². The molecule has 1 amide bonds. The summed E-state index contributed by atoms with van der Waals surface area (Å²) >= 11 is 6.06. The molecule has 4 atom stereocenters. The first-order valence-corrected chi connectivity index (χ1v) is 12.6. The lowest BCUT2D eigenvalue weighted by Gasteiger charge is -2.44. The molecule has 1 aliphatic carbocycles. The van der Waals surface area contributed by atoms with E-state index in [2.05, 4.69) is 10.3 Å². The molecule has 10 heteroatoms. The highest BCUT2D eigenvalue weighted by Gasteiger charge is 2.51. The van der Waals surface area contributed by atoms with Gasteiger partial charge in [-0.05, 0) is 30.2 Å². The zero-order valence-electron chi connectivity index (χ0n) is 20.3. The van der Waals surface area contributed by atoms with Gasteiger partial charge in [0.25, 0.3) is 5.91 Å². The van der Waals surface area contributed by atoms with E-state index in [1.807, 2.05) is 16.8 Å². The summed E-state index contributed by atoms with van der Waals surface area (Å²) in [6, 6.07) is 13.2. The number of aliphatic hydroxyl groups excluding tert-OH is 2. The summed E-state index contributed by atoms with van der Waals surface area (Å²) in [6.45, 7) is 0.953. The quantitative estimate of drug-likeness (QED) is 0.328. The number of benzene rings is 2. The molecule has 1 heterocycles. The molecule has 0 saturated heterocycles. The first-order valence-electron chi connectivity index (χ1n) is 12.2. The van der Waals surface area contributed by atoms with Gasteiger partial charge in [0.1, 0.15) is 11.9 Å². The number of nitrogens with one attached hydrogen (secondary N) is 1. The summed E-state index contributed by atoms with van der Waals surface area (Å²) in [4.78, 5) is 17.5. The number of carbonyl (C=O) groups excluding carboxylic acids is 1. The minimum absolute atomic E-state index is 0.0202. The Morgan fingerprint density at radius 3 is 2.78 bits per heavy atom. The molecule has 0 aliphatic heterocycles.